The van der Waals surface area contributed by atoms with Gasteiger partial charge in [-0.15, -0.1) is 0 Å². The number of rotatable bonds is 5. The van der Waals surface area contributed by atoms with Crippen LogP contribution in [0.1, 0.15) is 5.69 Å². The summed E-state index contributed by atoms with van der Waals surface area (Å²) < 4.78 is 1.38. The highest BCUT2D eigenvalue weighted by Crippen LogP contribution is 2.08. The molecule has 0 aliphatic rings. The summed E-state index contributed by atoms with van der Waals surface area (Å²) in [6.45, 7) is 0.365. The zero-order valence-electron chi connectivity index (χ0n) is 10.5. The molecule has 11 nitrogen and oxygen atoms in total. The van der Waals surface area contributed by atoms with Crippen molar-refractivity contribution in [3.8, 4) is 5.95 Å². The molecule has 0 amide bonds. The molecule has 0 bridgehead atoms. The first-order valence-electron chi connectivity index (χ1n) is 5.73. The van der Waals surface area contributed by atoms with Gasteiger partial charge in [-0.3, -0.25) is 10.2 Å². The lowest BCUT2D eigenvalue weighted by Crippen LogP contribution is -2.16. The van der Waals surface area contributed by atoms with Crippen molar-refractivity contribution in [1.29, 1.82) is 0 Å². The molecule has 5 N–H and O–H groups in total. The summed E-state index contributed by atoms with van der Waals surface area (Å²) in [6, 6.07) is 0. The maximum Gasteiger partial charge on any atom is 0.304 e. The fourth-order valence-electron chi connectivity index (χ4n) is 1.50. The van der Waals surface area contributed by atoms with Gasteiger partial charge >= 0.3 is 4.87 Å². The summed E-state index contributed by atoms with van der Waals surface area (Å²) in [4.78, 5) is 29.8. The van der Waals surface area contributed by atoms with Crippen LogP contribution in [0.5, 0.6) is 0 Å². The number of hydrogen-bond acceptors (Lipinski definition) is 10. The Labute approximate surface area is 121 Å². The van der Waals surface area contributed by atoms with E-state index in [9.17, 15) is 4.79 Å². The maximum absolute atomic E-state index is 11.1. The smallest absolute Gasteiger partial charge is 0.304 e. The van der Waals surface area contributed by atoms with Crippen LogP contribution in [0.4, 0.5) is 11.9 Å². The number of hydrazine groups is 1. The molecule has 0 atom stereocenters. The molecule has 21 heavy (non-hydrogen) atoms. The SMILES string of the molecule is NNc1nc(NCc2csc(=O)[nH]2)nc(-n2cncn2)n1. The third-order valence-electron chi connectivity index (χ3n) is 2.38. The lowest BCUT2D eigenvalue weighted by Gasteiger charge is -2.07. The van der Waals surface area contributed by atoms with E-state index in [0.29, 0.717) is 6.54 Å². The van der Waals surface area contributed by atoms with Crippen molar-refractivity contribution in [1.82, 2.24) is 34.7 Å². The Bertz CT molecular complexity index is 778. The van der Waals surface area contributed by atoms with Gasteiger partial charge in [0.2, 0.25) is 11.9 Å². The van der Waals surface area contributed by atoms with Crippen LogP contribution in [0.2, 0.25) is 0 Å². The molecule has 0 saturated heterocycles. The van der Waals surface area contributed by atoms with E-state index in [1.54, 1.807) is 5.38 Å². The first-order chi connectivity index (χ1) is 10.2. The van der Waals surface area contributed by atoms with E-state index >= 15 is 0 Å². The minimum atomic E-state index is -0.116. The number of nitrogens with two attached hydrogens (primary N) is 1. The Kier molecular flexibility index (Phi) is 3.53. The maximum atomic E-state index is 11.1. The average Bonchev–Trinajstić information content (AvgIpc) is 3.16. The highest BCUT2D eigenvalue weighted by Gasteiger charge is 2.08. The summed E-state index contributed by atoms with van der Waals surface area (Å²) in [5, 5.41) is 8.62. The number of H-pyrrole nitrogens is 1. The third kappa shape index (κ3) is 3.01. The van der Waals surface area contributed by atoms with Gasteiger partial charge in [-0.2, -0.15) is 24.7 Å². The molecule has 0 aromatic carbocycles. The van der Waals surface area contributed by atoms with Gasteiger partial charge in [0.1, 0.15) is 12.7 Å². The molecular formula is C9H10N10OS. The van der Waals surface area contributed by atoms with Crippen LogP contribution in [0.15, 0.2) is 22.8 Å². The average molecular weight is 306 g/mol. The van der Waals surface area contributed by atoms with Crippen LogP contribution in [0.25, 0.3) is 5.95 Å². The minimum Gasteiger partial charge on any atom is -0.348 e. The van der Waals surface area contributed by atoms with Gasteiger partial charge in [-0.25, -0.2) is 10.8 Å². The Hall–Kier alpha value is -2.86. The van der Waals surface area contributed by atoms with E-state index in [-0.39, 0.29) is 22.7 Å². The number of aromatic nitrogens is 7. The van der Waals surface area contributed by atoms with Crippen LogP contribution >= 0.6 is 11.3 Å². The molecule has 3 aromatic rings. The highest BCUT2D eigenvalue weighted by atomic mass is 32.1. The van der Waals surface area contributed by atoms with Crippen LogP contribution in [-0.2, 0) is 6.54 Å². The minimum absolute atomic E-state index is 0.116. The monoisotopic (exact) mass is 306 g/mol. The summed E-state index contributed by atoms with van der Waals surface area (Å²) >= 11 is 1.09. The van der Waals surface area contributed by atoms with Crippen LogP contribution < -0.4 is 21.5 Å². The van der Waals surface area contributed by atoms with Crippen molar-refractivity contribution in [2.45, 2.75) is 6.54 Å². The van der Waals surface area contributed by atoms with Gasteiger partial charge in [0.15, 0.2) is 0 Å². The number of nitrogens with one attached hydrogen (secondary N) is 3. The molecule has 0 aliphatic heterocycles. The summed E-state index contributed by atoms with van der Waals surface area (Å²) in [6.07, 6.45) is 2.82. The molecule has 0 unspecified atom stereocenters. The van der Waals surface area contributed by atoms with Crippen LogP contribution in [-0.4, -0.2) is 34.7 Å². The predicted molar refractivity (Wildman–Crippen MR) is 74.8 cm³/mol. The molecule has 0 spiro atoms. The standard InChI is InChI=1S/C9H10N10OS/c10-18-7-15-6(12-1-5-2-21-9(20)14-5)16-8(17-7)19-4-11-3-13-19/h2-4H,1,10H2,(H,14,20)(H2,12,15,16,17,18). The van der Waals surface area contributed by atoms with Crippen molar-refractivity contribution in [2.24, 2.45) is 5.84 Å². The third-order valence-corrected chi connectivity index (χ3v) is 3.10. The van der Waals surface area contributed by atoms with E-state index in [0.717, 1.165) is 17.0 Å². The summed E-state index contributed by atoms with van der Waals surface area (Å²) in [5.41, 5.74) is 3.08. The topological polar surface area (TPSA) is 152 Å². The molecule has 3 heterocycles. The van der Waals surface area contributed by atoms with Crippen molar-refractivity contribution in [3.05, 3.63) is 33.4 Å². The Balaban J connectivity index is 1.84. The molecule has 0 aliphatic carbocycles. The van der Waals surface area contributed by atoms with Gasteiger partial charge in [-0.05, 0) is 0 Å². The fraction of sp³-hybridized carbons (Fsp3) is 0.111. The zero-order valence-corrected chi connectivity index (χ0v) is 11.3. The zero-order chi connectivity index (χ0) is 14.7. The van der Waals surface area contributed by atoms with Crippen LogP contribution in [0, 0.1) is 0 Å². The second-order valence-electron chi connectivity index (χ2n) is 3.79. The molecule has 0 saturated carbocycles. The van der Waals surface area contributed by atoms with Crippen molar-refractivity contribution in [2.75, 3.05) is 10.7 Å². The van der Waals surface area contributed by atoms with Gasteiger partial charge in [0.05, 0.1) is 6.54 Å². The molecule has 108 valence electrons. The normalized spacial score (nSPS) is 10.5. The van der Waals surface area contributed by atoms with Crippen molar-refractivity contribution < 1.29 is 0 Å². The van der Waals surface area contributed by atoms with Crippen molar-refractivity contribution >= 4 is 23.2 Å². The molecule has 0 radical (unpaired) electrons. The van der Waals surface area contributed by atoms with E-state index in [1.165, 1.54) is 17.3 Å². The number of nitrogens with zero attached hydrogens (tertiary/aromatic N) is 6. The second kappa shape index (κ2) is 5.64. The fourth-order valence-corrected chi connectivity index (χ4v) is 2.08. The highest BCUT2D eigenvalue weighted by molar-refractivity contribution is 7.07. The predicted octanol–water partition coefficient (Wildman–Crippen LogP) is -0.900. The van der Waals surface area contributed by atoms with Gasteiger partial charge in [0.25, 0.3) is 5.95 Å². The number of anilines is 2. The Morgan fingerprint density at radius 3 is 2.86 bits per heavy atom. The largest absolute Gasteiger partial charge is 0.348 e. The van der Waals surface area contributed by atoms with Gasteiger partial charge < -0.3 is 10.3 Å². The van der Waals surface area contributed by atoms with Crippen molar-refractivity contribution in [3.63, 3.8) is 0 Å². The molecule has 12 heteroatoms. The van der Waals surface area contributed by atoms with E-state index in [2.05, 4.69) is 40.8 Å². The quantitative estimate of drug-likeness (QED) is 0.347. The molecule has 3 aromatic heterocycles. The summed E-state index contributed by atoms with van der Waals surface area (Å²) in [5.74, 6) is 6.06. The first kappa shape index (κ1) is 13.1. The lowest BCUT2D eigenvalue weighted by molar-refractivity contribution is 0.793. The second-order valence-corrected chi connectivity index (χ2v) is 4.64. The lowest BCUT2D eigenvalue weighted by atomic mass is 10.5. The molecule has 0 fully saturated rings. The van der Waals surface area contributed by atoms with E-state index in [4.69, 9.17) is 5.84 Å². The van der Waals surface area contributed by atoms with Gasteiger partial charge in [0, 0.05) is 11.1 Å². The molecule has 3 rings (SSSR count). The number of aromatic amines is 1. The van der Waals surface area contributed by atoms with E-state index < -0.39 is 0 Å². The van der Waals surface area contributed by atoms with E-state index in [1.807, 2.05) is 0 Å². The number of hydrogen-bond donors (Lipinski definition) is 4. The number of nitrogen functional groups attached to an aromatic ring is 1. The Morgan fingerprint density at radius 1 is 1.33 bits per heavy atom. The molecular weight excluding hydrogens is 296 g/mol. The number of thiazole rings is 1. The Morgan fingerprint density at radius 2 is 2.19 bits per heavy atom. The first-order valence-corrected chi connectivity index (χ1v) is 6.61. The summed E-state index contributed by atoms with van der Waals surface area (Å²) in [7, 11) is 0. The van der Waals surface area contributed by atoms with Gasteiger partial charge in [-0.1, -0.05) is 11.3 Å². The van der Waals surface area contributed by atoms with Crippen LogP contribution in [0.3, 0.4) is 0 Å².